The first-order chi connectivity index (χ1) is 24.4. The third kappa shape index (κ3) is 10.3. The molecular weight excluding hydrogens is 608 g/mol. The van der Waals surface area contributed by atoms with Gasteiger partial charge >= 0.3 is 0 Å². The fourth-order valence-corrected chi connectivity index (χ4v) is 10.8. The van der Waals surface area contributed by atoms with Crippen molar-refractivity contribution in [3.05, 3.63) is 89.3 Å². The molecule has 0 N–H and O–H groups in total. The van der Waals surface area contributed by atoms with E-state index in [1.54, 1.807) is 34.4 Å². The van der Waals surface area contributed by atoms with Crippen molar-refractivity contribution in [3.63, 3.8) is 0 Å². The number of rotatable bonds is 23. The average Bonchev–Trinajstić information content (AvgIpc) is 3.44. The van der Waals surface area contributed by atoms with Crippen LogP contribution in [0.3, 0.4) is 0 Å². The number of allylic oxidation sites excluding steroid dienone is 2. The van der Waals surface area contributed by atoms with Gasteiger partial charge in [0.15, 0.2) is 0 Å². The summed E-state index contributed by atoms with van der Waals surface area (Å²) in [6.07, 6.45) is 32.1. The fourth-order valence-electron chi connectivity index (χ4n) is 10.8. The number of halogens is 1. The van der Waals surface area contributed by atoms with Crippen molar-refractivity contribution in [3.8, 4) is 0 Å². The standard InChI is InChI=1S/C49H73F/c1-6-8-10-12-14-16-21-40(22-17-15-13-11-9-7-2)38(4)31-34-49(33-19-20-37(3)41-26-28-42(50)29-27-41)35-32-44-46-30-25-39(5)43-23-18-24-45(48(43)46)47(44)36-49/h18,23-24,26-29,39-40,44,46-47H,3-4,6-17,19-22,25,30-36H2,1-2,5H3/t39?,44-,46?,47-,49?/m1/s1. The minimum Gasteiger partial charge on any atom is -0.207 e. The summed E-state index contributed by atoms with van der Waals surface area (Å²) < 4.78 is 13.6. The molecule has 50 heavy (non-hydrogen) atoms. The van der Waals surface area contributed by atoms with Crippen LogP contribution in [0.4, 0.5) is 4.39 Å². The van der Waals surface area contributed by atoms with E-state index in [0.29, 0.717) is 17.3 Å². The molecular formula is C49H73F. The van der Waals surface area contributed by atoms with Gasteiger partial charge in [-0.3, -0.25) is 0 Å². The summed E-state index contributed by atoms with van der Waals surface area (Å²) in [6.45, 7) is 16.4. The highest BCUT2D eigenvalue weighted by Crippen LogP contribution is 2.63. The molecule has 0 amide bonds. The molecule has 0 nitrogen and oxygen atoms in total. The Morgan fingerprint density at radius 3 is 2.04 bits per heavy atom. The molecule has 1 fully saturated rings. The number of hydrogen-bond acceptors (Lipinski definition) is 0. The van der Waals surface area contributed by atoms with Crippen LogP contribution in [-0.2, 0) is 0 Å². The molecule has 0 radical (unpaired) electrons. The zero-order chi connectivity index (χ0) is 35.3. The fraction of sp³-hybridized carbons (Fsp3) is 0.673. The first-order valence-corrected chi connectivity index (χ1v) is 21.6. The van der Waals surface area contributed by atoms with E-state index >= 15 is 0 Å². The Bertz CT molecular complexity index is 1320. The molecule has 1 heteroatoms. The second-order valence-corrected chi connectivity index (χ2v) is 17.4. The van der Waals surface area contributed by atoms with Crippen molar-refractivity contribution in [1.29, 1.82) is 0 Å². The first-order valence-electron chi connectivity index (χ1n) is 21.6. The third-order valence-corrected chi connectivity index (χ3v) is 13.9. The van der Waals surface area contributed by atoms with Gasteiger partial charge in [-0.15, -0.1) is 0 Å². The van der Waals surface area contributed by atoms with Crippen LogP contribution in [0.25, 0.3) is 5.57 Å². The lowest BCUT2D eigenvalue weighted by Gasteiger charge is -2.45. The first kappa shape index (κ1) is 39.1. The monoisotopic (exact) mass is 681 g/mol. The Labute approximate surface area is 308 Å². The van der Waals surface area contributed by atoms with Gasteiger partial charge in [-0.25, -0.2) is 4.39 Å². The average molecular weight is 681 g/mol. The molecule has 5 atom stereocenters. The van der Waals surface area contributed by atoms with E-state index < -0.39 is 0 Å². The van der Waals surface area contributed by atoms with Crippen LogP contribution in [0.5, 0.6) is 0 Å². The topological polar surface area (TPSA) is 0 Å². The van der Waals surface area contributed by atoms with Crippen LogP contribution >= 0.6 is 0 Å². The Kier molecular flexibility index (Phi) is 15.3. The van der Waals surface area contributed by atoms with Crippen molar-refractivity contribution in [2.45, 2.75) is 193 Å². The minimum absolute atomic E-state index is 0.166. The maximum Gasteiger partial charge on any atom is 0.123 e. The van der Waals surface area contributed by atoms with Crippen LogP contribution < -0.4 is 0 Å². The molecule has 2 aromatic rings. The summed E-state index contributed by atoms with van der Waals surface area (Å²) in [4.78, 5) is 0. The Hall–Kier alpha value is -2.15. The van der Waals surface area contributed by atoms with Crippen LogP contribution in [0.15, 0.2) is 61.2 Å². The quantitative estimate of drug-likeness (QED) is 0.0809. The predicted molar refractivity (Wildman–Crippen MR) is 216 cm³/mol. The van der Waals surface area contributed by atoms with Crippen LogP contribution in [0, 0.1) is 23.1 Å². The lowest BCUT2D eigenvalue weighted by Crippen LogP contribution is -2.33. The zero-order valence-corrected chi connectivity index (χ0v) is 32.7. The van der Waals surface area contributed by atoms with Crippen molar-refractivity contribution < 1.29 is 4.39 Å². The van der Waals surface area contributed by atoms with Gasteiger partial charge in [0.25, 0.3) is 0 Å². The summed E-state index contributed by atoms with van der Waals surface area (Å²) >= 11 is 0. The summed E-state index contributed by atoms with van der Waals surface area (Å²) in [5.41, 5.74) is 9.39. The molecule has 2 aromatic carbocycles. The Morgan fingerprint density at radius 1 is 0.720 bits per heavy atom. The number of benzene rings is 2. The molecule has 0 saturated heterocycles. The summed E-state index contributed by atoms with van der Waals surface area (Å²) in [5, 5.41) is 0. The largest absolute Gasteiger partial charge is 0.207 e. The molecule has 3 unspecified atom stereocenters. The van der Waals surface area contributed by atoms with E-state index in [0.717, 1.165) is 35.3 Å². The van der Waals surface area contributed by atoms with E-state index in [-0.39, 0.29) is 5.82 Å². The smallest absolute Gasteiger partial charge is 0.123 e. The molecule has 3 aliphatic carbocycles. The van der Waals surface area contributed by atoms with Gasteiger partial charge in [-0.2, -0.15) is 0 Å². The van der Waals surface area contributed by atoms with Gasteiger partial charge in [0.1, 0.15) is 5.82 Å². The molecule has 0 aromatic heterocycles. The number of hydrogen-bond donors (Lipinski definition) is 0. The molecule has 0 bridgehead atoms. The lowest BCUT2D eigenvalue weighted by atomic mass is 9.59. The number of unbranched alkanes of at least 4 members (excludes halogenated alkanes) is 10. The predicted octanol–water partition coefficient (Wildman–Crippen LogP) is 16.0. The van der Waals surface area contributed by atoms with E-state index in [4.69, 9.17) is 6.58 Å². The molecule has 1 saturated carbocycles. The van der Waals surface area contributed by atoms with E-state index in [2.05, 4.69) is 45.5 Å². The van der Waals surface area contributed by atoms with Crippen molar-refractivity contribution in [2.24, 2.45) is 17.3 Å². The Morgan fingerprint density at radius 2 is 1.36 bits per heavy atom. The van der Waals surface area contributed by atoms with Crippen molar-refractivity contribution in [1.82, 2.24) is 0 Å². The molecule has 0 heterocycles. The number of fused-ring (bicyclic) bond motifs is 3. The van der Waals surface area contributed by atoms with Crippen molar-refractivity contribution in [2.75, 3.05) is 0 Å². The van der Waals surface area contributed by atoms with Crippen LogP contribution in [0.2, 0.25) is 0 Å². The highest BCUT2D eigenvalue weighted by molar-refractivity contribution is 5.63. The second kappa shape index (κ2) is 19.6. The Balaban J connectivity index is 1.27. The zero-order valence-electron chi connectivity index (χ0n) is 32.7. The molecule has 3 aliphatic rings. The lowest BCUT2D eigenvalue weighted by molar-refractivity contribution is 0.0954. The summed E-state index contributed by atoms with van der Waals surface area (Å²) in [7, 11) is 0. The highest BCUT2D eigenvalue weighted by Gasteiger charge is 2.50. The molecule has 5 rings (SSSR count). The van der Waals surface area contributed by atoms with Gasteiger partial charge in [-0.1, -0.05) is 147 Å². The highest BCUT2D eigenvalue weighted by atomic mass is 19.1. The van der Waals surface area contributed by atoms with Crippen LogP contribution in [-0.4, -0.2) is 0 Å². The third-order valence-electron chi connectivity index (χ3n) is 13.9. The maximum absolute atomic E-state index is 13.6. The SMILES string of the molecule is C=C(CCCC1(CCC(=C)C(CCCCCCCC)CCCCCCCC)CC[C@@H]2C3CCC(C)c4cccc(c43)[C@@H]2C1)c1ccc(F)cc1. The maximum atomic E-state index is 13.6. The van der Waals surface area contributed by atoms with Gasteiger partial charge in [0, 0.05) is 0 Å². The van der Waals surface area contributed by atoms with E-state index in [1.165, 1.54) is 148 Å². The molecule has 0 spiro atoms. The van der Waals surface area contributed by atoms with E-state index in [1.807, 2.05) is 12.1 Å². The van der Waals surface area contributed by atoms with Gasteiger partial charge in [0.05, 0.1) is 0 Å². The van der Waals surface area contributed by atoms with E-state index in [9.17, 15) is 4.39 Å². The summed E-state index contributed by atoms with van der Waals surface area (Å²) in [6, 6.07) is 14.3. The normalized spacial score (nSPS) is 23.9. The van der Waals surface area contributed by atoms with Gasteiger partial charge in [0.2, 0.25) is 0 Å². The summed E-state index contributed by atoms with van der Waals surface area (Å²) in [5.74, 6) is 3.62. The minimum atomic E-state index is -0.166. The molecule has 0 aliphatic heterocycles. The van der Waals surface area contributed by atoms with Crippen molar-refractivity contribution >= 4 is 5.57 Å². The molecule has 276 valence electrons. The second-order valence-electron chi connectivity index (χ2n) is 17.4. The van der Waals surface area contributed by atoms with Gasteiger partial charge in [-0.05, 0) is 152 Å². The van der Waals surface area contributed by atoms with Crippen LogP contribution in [0.1, 0.15) is 215 Å². The van der Waals surface area contributed by atoms with Gasteiger partial charge < -0.3 is 0 Å².